The third kappa shape index (κ3) is 3.55. The van der Waals surface area contributed by atoms with Crippen molar-refractivity contribution in [3.05, 3.63) is 53.3 Å². The number of carbonyl (C=O) groups is 2. The third-order valence-electron chi connectivity index (χ3n) is 4.85. The molecule has 1 aliphatic heterocycles. The Morgan fingerprint density at radius 2 is 2.19 bits per heavy atom. The van der Waals surface area contributed by atoms with Gasteiger partial charge in [0.1, 0.15) is 0 Å². The van der Waals surface area contributed by atoms with Gasteiger partial charge in [0.15, 0.2) is 5.13 Å². The molecule has 7 heteroatoms. The molecule has 1 saturated heterocycles. The number of aromatic nitrogens is 2. The Morgan fingerprint density at radius 1 is 1.33 bits per heavy atom. The Morgan fingerprint density at radius 3 is 3.00 bits per heavy atom. The largest absolute Gasteiger partial charge is 0.352 e. The van der Waals surface area contributed by atoms with Crippen LogP contribution in [-0.2, 0) is 16.1 Å². The van der Waals surface area contributed by atoms with E-state index in [1.807, 2.05) is 32.0 Å². The summed E-state index contributed by atoms with van der Waals surface area (Å²) in [7, 11) is 0. The van der Waals surface area contributed by atoms with E-state index < -0.39 is 0 Å². The van der Waals surface area contributed by atoms with Gasteiger partial charge in [-0.2, -0.15) is 0 Å². The van der Waals surface area contributed by atoms with Gasteiger partial charge in [0.2, 0.25) is 11.8 Å². The van der Waals surface area contributed by atoms with E-state index in [1.54, 1.807) is 17.3 Å². The van der Waals surface area contributed by atoms with Crippen molar-refractivity contribution in [1.82, 2.24) is 15.3 Å². The van der Waals surface area contributed by atoms with Gasteiger partial charge >= 0.3 is 0 Å². The highest BCUT2D eigenvalue weighted by Crippen LogP contribution is 2.33. The normalized spacial score (nSPS) is 16.9. The fourth-order valence-corrected chi connectivity index (χ4v) is 4.32. The summed E-state index contributed by atoms with van der Waals surface area (Å²) in [6, 6.07) is 7.94. The summed E-state index contributed by atoms with van der Waals surface area (Å²) in [6.45, 7) is 4.81. The fourth-order valence-electron chi connectivity index (χ4n) is 3.23. The van der Waals surface area contributed by atoms with Crippen molar-refractivity contribution in [3.63, 3.8) is 0 Å². The lowest BCUT2D eigenvalue weighted by Gasteiger charge is -2.13. The maximum atomic E-state index is 12.5. The summed E-state index contributed by atoms with van der Waals surface area (Å²) in [4.78, 5) is 35.3. The van der Waals surface area contributed by atoms with Gasteiger partial charge in [-0.05, 0) is 48.7 Å². The fraction of sp³-hybridized carbons (Fsp3) is 0.300. The number of aryl methyl sites for hydroxylation is 2. The van der Waals surface area contributed by atoms with E-state index in [0.717, 1.165) is 26.9 Å². The van der Waals surface area contributed by atoms with Crippen molar-refractivity contribution in [1.29, 1.82) is 0 Å². The standard InChI is InChI=1S/C20H20N4O2S/c1-12-3-4-16-17(7-12)27-20(23-16)24-11-15(8-18(24)25)19(26)22-10-14-5-6-21-9-13(14)2/h3-7,9,15H,8,10-11H2,1-2H3,(H,22,26). The van der Waals surface area contributed by atoms with Crippen molar-refractivity contribution in [2.75, 3.05) is 11.4 Å². The van der Waals surface area contributed by atoms with Crippen LogP contribution in [0.3, 0.4) is 0 Å². The molecule has 3 heterocycles. The van der Waals surface area contributed by atoms with Crippen molar-refractivity contribution >= 4 is 38.5 Å². The predicted molar refractivity (Wildman–Crippen MR) is 106 cm³/mol. The van der Waals surface area contributed by atoms with Crippen molar-refractivity contribution < 1.29 is 9.59 Å². The summed E-state index contributed by atoms with van der Waals surface area (Å²) in [5.41, 5.74) is 4.11. The number of benzene rings is 1. The molecule has 2 aromatic heterocycles. The number of hydrogen-bond acceptors (Lipinski definition) is 5. The number of hydrogen-bond donors (Lipinski definition) is 1. The number of nitrogens with one attached hydrogen (secondary N) is 1. The minimum atomic E-state index is -0.353. The Balaban J connectivity index is 1.45. The van der Waals surface area contributed by atoms with E-state index in [-0.39, 0.29) is 24.2 Å². The van der Waals surface area contributed by atoms with Gasteiger partial charge in [0, 0.05) is 31.9 Å². The highest BCUT2D eigenvalue weighted by Gasteiger charge is 2.36. The van der Waals surface area contributed by atoms with Crippen LogP contribution in [0.4, 0.5) is 5.13 Å². The van der Waals surface area contributed by atoms with Gasteiger partial charge < -0.3 is 5.32 Å². The average molecular weight is 380 g/mol. The van der Waals surface area contributed by atoms with Gasteiger partial charge in [-0.15, -0.1) is 0 Å². The van der Waals surface area contributed by atoms with E-state index >= 15 is 0 Å². The van der Waals surface area contributed by atoms with E-state index in [2.05, 4.69) is 21.4 Å². The van der Waals surface area contributed by atoms with Crippen LogP contribution < -0.4 is 10.2 Å². The molecule has 0 radical (unpaired) electrons. The van der Waals surface area contributed by atoms with E-state index in [1.165, 1.54) is 11.3 Å². The second-order valence-corrected chi connectivity index (χ2v) is 7.90. The molecule has 0 spiro atoms. The van der Waals surface area contributed by atoms with E-state index in [9.17, 15) is 9.59 Å². The summed E-state index contributed by atoms with van der Waals surface area (Å²) in [5.74, 6) is -0.501. The maximum Gasteiger partial charge on any atom is 0.229 e. The summed E-state index contributed by atoms with van der Waals surface area (Å²) in [5, 5.41) is 3.61. The highest BCUT2D eigenvalue weighted by molar-refractivity contribution is 7.22. The van der Waals surface area contributed by atoms with Crippen LogP contribution in [0, 0.1) is 19.8 Å². The first-order valence-corrected chi connectivity index (χ1v) is 9.67. The van der Waals surface area contributed by atoms with Gasteiger partial charge in [0.25, 0.3) is 0 Å². The molecule has 0 bridgehead atoms. The first kappa shape index (κ1) is 17.6. The number of rotatable bonds is 4. The highest BCUT2D eigenvalue weighted by atomic mass is 32.1. The molecule has 1 aliphatic rings. The molecular formula is C20H20N4O2S. The van der Waals surface area contributed by atoms with Crippen molar-refractivity contribution in [2.45, 2.75) is 26.8 Å². The molecule has 1 fully saturated rings. The minimum Gasteiger partial charge on any atom is -0.352 e. The molecule has 2 amide bonds. The number of anilines is 1. The molecule has 1 unspecified atom stereocenters. The monoisotopic (exact) mass is 380 g/mol. The molecule has 6 nitrogen and oxygen atoms in total. The van der Waals surface area contributed by atoms with Crippen LogP contribution in [0.15, 0.2) is 36.7 Å². The lowest BCUT2D eigenvalue weighted by molar-refractivity contribution is -0.126. The van der Waals surface area contributed by atoms with Gasteiger partial charge in [-0.3, -0.25) is 19.5 Å². The van der Waals surface area contributed by atoms with Crippen molar-refractivity contribution in [3.8, 4) is 0 Å². The first-order valence-electron chi connectivity index (χ1n) is 8.86. The zero-order valence-electron chi connectivity index (χ0n) is 15.2. The molecule has 3 aromatic rings. The van der Waals surface area contributed by atoms with Crippen LogP contribution in [0.1, 0.15) is 23.1 Å². The van der Waals surface area contributed by atoms with Gasteiger partial charge in [0.05, 0.1) is 16.1 Å². The minimum absolute atomic E-state index is 0.0500. The smallest absolute Gasteiger partial charge is 0.229 e. The Hall–Kier alpha value is -2.80. The molecule has 138 valence electrons. The zero-order valence-corrected chi connectivity index (χ0v) is 16.0. The van der Waals surface area contributed by atoms with Crippen LogP contribution in [0.25, 0.3) is 10.2 Å². The van der Waals surface area contributed by atoms with Gasteiger partial charge in [-0.1, -0.05) is 17.4 Å². The number of carbonyl (C=O) groups excluding carboxylic acids is 2. The summed E-state index contributed by atoms with van der Waals surface area (Å²) < 4.78 is 1.05. The predicted octanol–water partition coefficient (Wildman–Crippen LogP) is 2.98. The Labute approximate surface area is 161 Å². The topological polar surface area (TPSA) is 75.2 Å². The SMILES string of the molecule is Cc1ccc2nc(N3CC(C(=O)NCc4ccncc4C)CC3=O)sc2c1. The molecule has 1 atom stereocenters. The average Bonchev–Trinajstić information content (AvgIpc) is 3.23. The molecule has 1 N–H and O–H groups in total. The molecule has 4 rings (SSSR count). The zero-order chi connectivity index (χ0) is 19.0. The number of nitrogens with zero attached hydrogens (tertiary/aromatic N) is 3. The third-order valence-corrected chi connectivity index (χ3v) is 5.89. The maximum absolute atomic E-state index is 12.5. The quantitative estimate of drug-likeness (QED) is 0.755. The first-order chi connectivity index (χ1) is 13.0. The van der Waals surface area contributed by atoms with Crippen LogP contribution in [-0.4, -0.2) is 28.3 Å². The molecule has 0 saturated carbocycles. The van der Waals surface area contributed by atoms with Crippen LogP contribution in [0.5, 0.6) is 0 Å². The van der Waals surface area contributed by atoms with Crippen molar-refractivity contribution in [2.24, 2.45) is 5.92 Å². The molecular weight excluding hydrogens is 360 g/mol. The van der Waals surface area contributed by atoms with E-state index in [0.29, 0.717) is 18.2 Å². The van der Waals surface area contributed by atoms with Gasteiger partial charge in [-0.25, -0.2) is 4.98 Å². The Kier molecular flexibility index (Phi) is 4.61. The number of amides is 2. The number of fused-ring (bicyclic) bond motifs is 1. The van der Waals surface area contributed by atoms with E-state index in [4.69, 9.17) is 0 Å². The molecule has 0 aliphatic carbocycles. The second-order valence-electron chi connectivity index (χ2n) is 6.89. The number of thiazole rings is 1. The second kappa shape index (κ2) is 7.08. The Bertz CT molecular complexity index is 1030. The number of pyridine rings is 1. The summed E-state index contributed by atoms with van der Waals surface area (Å²) in [6.07, 6.45) is 3.71. The van der Waals surface area contributed by atoms with Crippen LogP contribution >= 0.6 is 11.3 Å². The lowest BCUT2D eigenvalue weighted by Crippen LogP contribution is -2.32. The summed E-state index contributed by atoms with van der Waals surface area (Å²) >= 11 is 1.49. The molecule has 1 aromatic carbocycles. The van der Waals surface area contributed by atoms with Crippen LogP contribution in [0.2, 0.25) is 0 Å². The lowest BCUT2D eigenvalue weighted by atomic mass is 10.1. The molecule has 27 heavy (non-hydrogen) atoms.